The zero-order valence-electron chi connectivity index (χ0n) is 12.7. The third kappa shape index (κ3) is 3.45. The van der Waals surface area contributed by atoms with E-state index in [9.17, 15) is 4.79 Å². The molecule has 0 unspecified atom stereocenters. The number of rotatable bonds is 6. The number of carbonyl (C=O) groups is 1. The number of amides is 1. The van der Waals surface area contributed by atoms with Crippen LogP contribution in [0, 0.1) is 6.92 Å². The Labute approximate surface area is 134 Å². The van der Waals surface area contributed by atoms with Crippen LogP contribution in [0.5, 0.6) is 0 Å². The summed E-state index contributed by atoms with van der Waals surface area (Å²) in [6, 6.07) is 7.19. The molecule has 7 heteroatoms. The van der Waals surface area contributed by atoms with Crippen LogP contribution in [-0.2, 0) is 0 Å². The van der Waals surface area contributed by atoms with Crippen LogP contribution >= 0.6 is 11.6 Å². The number of aliphatic hydroxyl groups excluding tert-OH is 1. The maximum atomic E-state index is 12.5. The lowest BCUT2D eigenvalue weighted by Crippen LogP contribution is -2.34. The van der Waals surface area contributed by atoms with Crippen molar-refractivity contribution in [1.29, 1.82) is 0 Å². The number of carbonyl (C=O) groups excluding carboxylic acids is 1. The van der Waals surface area contributed by atoms with Crippen LogP contribution in [0.3, 0.4) is 0 Å². The van der Waals surface area contributed by atoms with Gasteiger partial charge in [0.15, 0.2) is 5.69 Å². The number of aliphatic hydroxyl groups is 1. The van der Waals surface area contributed by atoms with Gasteiger partial charge in [-0.2, -0.15) is 0 Å². The molecule has 0 saturated heterocycles. The Balaban J connectivity index is 2.32. The minimum Gasteiger partial charge on any atom is -0.395 e. The normalized spacial score (nSPS) is 10.7. The lowest BCUT2D eigenvalue weighted by molar-refractivity contribution is 0.0715. The lowest BCUT2D eigenvalue weighted by atomic mass is 10.2. The first-order valence-corrected chi connectivity index (χ1v) is 7.54. The van der Waals surface area contributed by atoms with E-state index in [1.165, 1.54) is 0 Å². The van der Waals surface area contributed by atoms with E-state index in [0.717, 1.165) is 12.1 Å². The summed E-state index contributed by atoms with van der Waals surface area (Å²) in [5, 5.41) is 17.7. The highest BCUT2D eigenvalue weighted by atomic mass is 35.5. The number of hydrogen-bond donors (Lipinski definition) is 1. The summed E-state index contributed by atoms with van der Waals surface area (Å²) in [7, 11) is 0. The summed E-state index contributed by atoms with van der Waals surface area (Å²) >= 11 is 5.98. The SMILES string of the molecule is CCCN(CCO)C(=O)c1nnn(-c2cccc(Cl)c2)c1C. The Hall–Kier alpha value is -1.92. The third-order valence-electron chi connectivity index (χ3n) is 3.30. The average molecular weight is 323 g/mol. The number of hydrogen-bond acceptors (Lipinski definition) is 4. The molecule has 2 aromatic rings. The molecule has 0 spiro atoms. The standard InChI is InChI=1S/C15H19ClN4O2/c1-3-7-19(8-9-21)15(22)14-11(2)20(18-17-14)13-6-4-5-12(16)10-13/h4-6,10,21H,3,7-9H2,1-2H3. The minimum absolute atomic E-state index is 0.0762. The molecule has 22 heavy (non-hydrogen) atoms. The van der Waals surface area contributed by atoms with E-state index in [4.69, 9.17) is 16.7 Å². The summed E-state index contributed by atoms with van der Waals surface area (Å²) in [6.07, 6.45) is 0.813. The summed E-state index contributed by atoms with van der Waals surface area (Å²) in [4.78, 5) is 14.1. The molecule has 6 nitrogen and oxygen atoms in total. The maximum Gasteiger partial charge on any atom is 0.276 e. The maximum absolute atomic E-state index is 12.5. The van der Waals surface area contributed by atoms with E-state index in [2.05, 4.69) is 10.3 Å². The second-order valence-corrected chi connectivity index (χ2v) is 5.37. The van der Waals surface area contributed by atoms with Gasteiger partial charge in [-0.3, -0.25) is 4.79 Å². The quantitative estimate of drug-likeness (QED) is 0.883. The fourth-order valence-corrected chi connectivity index (χ4v) is 2.42. The Kier molecular flexibility index (Phi) is 5.51. The van der Waals surface area contributed by atoms with Crippen LogP contribution in [0.2, 0.25) is 5.02 Å². The molecule has 1 aromatic heterocycles. The largest absolute Gasteiger partial charge is 0.395 e. The predicted octanol–water partition coefficient (Wildman–Crippen LogP) is 2.07. The molecule has 0 bridgehead atoms. The van der Waals surface area contributed by atoms with Crippen molar-refractivity contribution in [1.82, 2.24) is 19.9 Å². The van der Waals surface area contributed by atoms with E-state index < -0.39 is 0 Å². The van der Waals surface area contributed by atoms with Gasteiger partial charge in [0.1, 0.15) is 0 Å². The molecule has 1 aromatic carbocycles. The average Bonchev–Trinajstić information content (AvgIpc) is 2.88. The summed E-state index contributed by atoms with van der Waals surface area (Å²) in [5.41, 5.74) is 1.69. The zero-order chi connectivity index (χ0) is 16.1. The highest BCUT2D eigenvalue weighted by molar-refractivity contribution is 6.30. The molecule has 0 atom stereocenters. The van der Waals surface area contributed by atoms with E-state index in [1.54, 1.807) is 28.6 Å². The van der Waals surface area contributed by atoms with Gasteiger partial charge in [-0.15, -0.1) is 5.10 Å². The molecule has 0 aliphatic heterocycles. The molecule has 0 radical (unpaired) electrons. The highest BCUT2D eigenvalue weighted by Gasteiger charge is 2.22. The van der Waals surface area contributed by atoms with Crippen molar-refractivity contribution < 1.29 is 9.90 Å². The third-order valence-corrected chi connectivity index (χ3v) is 3.54. The molecule has 1 N–H and O–H groups in total. The topological polar surface area (TPSA) is 71.2 Å². The molecule has 0 fully saturated rings. The Morgan fingerprint density at radius 1 is 1.41 bits per heavy atom. The van der Waals surface area contributed by atoms with Crippen LogP contribution in [0.15, 0.2) is 24.3 Å². The van der Waals surface area contributed by atoms with Crippen molar-refractivity contribution in [2.75, 3.05) is 19.7 Å². The van der Waals surface area contributed by atoms with Gasteiger partial charge in [0.2, 0.25) is 0 Å². The Bertz CT molecular complexity index is 651. The predicted molar refractivity (Wildman–Crippen MR) is 84.4 cm³/mol. The lowest BCUT2D eigenvalue weighted by Gasteiger charge is -2.19. The van der Waals surface area contributed by atoms with E-state index in [0.29, 0.717) is 23.0 Å². The zero-order valence-corrected chi connectivity index (χ0v) is 13.4. The summed E-state index contributed by atoms with van der Waals surface area (Å²) < 4.78 is 1.59. The smallest absolute Gasteiger partial charge is 0.276 e. The molecule has 2 rings (SSSR count). The van der Waals surface area contributed by atoms with E-state index >= 15 is 0 Å². The van der Waals surface area contributed by atoms with Crippen LogP contribution < -0.4 is 0 Å². The van der Waals surface area contributed by atoms with Gasteiger partial charge in [0, 0.05) is 18.1 Å². The molecule has 1 heterocycles. The fourth-order valence-electron chi connectivity index (χ4n) is 2.24. The van der Waals surface area contributed by atoms with Crippen LogP contribution in [0.25, 0.3) is 5.69 Å². The number of aromatic nitrogens is 3. The second kappa shape index (κ2) is 7.38. The van der Waals surface area contributed by atoms with Gasteiger partial charge in [0.25, 0.3) is 5.91 Å². The summed E-state index contributed by atoms with van der Waals surface area (Å²) in [5.74, 6) is -0.221. The molecule has 0 saturated carbocycles. The van der Waals surface area contributed by atoms with Crippen LogP contribution in [0.4, 0.5) is 0 Å². The molecule has 1 amide bonds. The number of halogens is 1. The van der Waals surface area contributed by atoms with E-state index in [-0.39, 0.29) is 19.1 Å². The van der Waals surface area contributed by atoms with Crippen molar-refractivity contribution in [3.8, 4) is 5.69 Å². The van der Waals surface area contributed by atoms with Crippen molar-refractivity contribution in [3.63, 3.8) is 0 Å². The first-order valence-electron chi connectivity index (χ1n) is 7.16. The molecular weight excluding hydrogens is 304 g/mol. The first kappa shape index (κ1) is 16.5. The van der Waals surface area contributed by atoms with Crippen molar-refractivity contribution >= 4 is 17.5 Å². The van der Waals surface area contributed by atoms with Gasteiger partial charge in [-0.05, 0) is 31.5 Å². The van der Waals surface area contributed by atoms with Gasteiger partial charge in [-0.25, -0.2) is 4.68 Å². The van der Waals surface area contributed by atoms with Gasteiger partial charge in [0.05, 0.1) is 18.0 Å². The highest BCUT2D eigenvalue weighted by Crippen LogP contribution is 2.17. The molecule has 0 aliphatic carbocycles. The van der Waals surface area contributed by atoms with E-state index in [1.807, 2.05) is 19.1 Å². The monoisotopic (exact) mass is 322 g/mol. The van der Waals surface area contributed by atoms with Crippen LogP contribution in [0.1, 0.15) is 29.5 Å². The molecular formula is C15H19ClN4O2. The number of benzene rings is 1. The van der Waals surface area contributed by atoms with Gasteiger partial charge in [-0.1, -0.05) is 29.8 Å². The molecule has 118 valence electrons. The molecule has 0 aliphatic rings. The minimum atomic E-state index is -0.221. The van der Waals surface area contributed by atoms with Crippen molar-refractivity contribution in [2.24, 2.45) is 0 Å². The second-order valence-electron chi connectivity index (χ2n) is 4.93. The first-order chi connectivity index (χ1) is 10.6. The van der Waals surface area contributed by atoms with Gasteiger partial charge >= 0.3 is 0 Å². The van der Waals surface area contributed by atoms with Crippen molar-refractivity contribution in [3.05, 3.63) is 40.7 Å². The Morgan fingerprint density at radius 3 is 2.82 bits per heavy atom. The Morgan fingerprint density at radius 2 is 2.18 bits per heavy atom. The summed E-state index contributed by atoms with van der Waals surface area (Å²) in [6.45, 7) is 4.55. The van der Waals surface area contributed by atoms with Crippen LogP contribution in [-0.4, -0.2) is 50.6 Å². The number of nitrogens with zero attached hydrogens (tertiary/aromatic N) is 4. The fraction of sp³-hybridized carbons (Fsp3) is 0.400. The van der Waals surface area contributed by atoms with Gasteiger partial charge < -0.3 is 10.0 Å². The van der Waals surface area contributed by atoms with Crippen molar-refractivity contribution in [2.45, 2.75) is 20.3 Å².